The van der Waals surface area contributed by atoms with Crippen molar-refractivity contribution in [3.8, 4) is 0 Å². The van der Waals surface area contributed by atoms with Crippen LogP contribution >= 0.6 is 0 Å². The molecule has 0 saturated heterocycles. The summed E-state index contributed by atoms with van der Waals surface area (Å²) in [7, 11) is 0. The molecule has 0 aliphatic rings. The second kappa shape index (κ2) is 4.02. The molecule has 0 spiro atoms. The van der Waals surface area contributed by atoms with Gasteiger partial charge in [0.1, 0.15) is 6.04 Å². The predicted octanol–water partition coefficient (Wildman–Crippen LogP) is 0.938. The zero-order valence-corrected chi connectivity index (χ0v) is 9.28. The minimum absolute atomic E-state index is 0.0358. The van der Waals surface area contributed by atoms with Gasteiger partial charge in [-0.05, 0) is 25.1 Å². The van der Waals surface area contributed by atoms with Gasteiger partial charge in [0.2, 0.25) is 0 Å². The SMILES string of the molecule is CC(C(=O)O)n1c(=O)oc2cc(C(=O)O)ccc21. The lowest BCUT2D eigenvalue weighted by Gasteiger charge is -2.06. The highest BCUT2D eigenvalue weighted by molar-refractivity contribution is 5.92. The monoisotopic (exact) mass is 251 g/mol. The Bertz CT molecular complexity index is 695. The van der Waals surface area contributed by atoms with Gasteiger partial charge in [0.05, 0.1) is 11.1 Å². The van der Waals surface area contributed by atoms with Crippen molar-refractivity contribution in [1.82, 2.24) is 4.57 Å². The van der Waals surface area contributed by atoms with Crippen LogP contribution in [0.2, 0.25) is 0 Å². The van der Waals surface area contributed by atoms with Crippen LogP contribution in [0.25, 0.3) is 11.1 Å². The Hall–Kier alpha value is -2.57. The maximum atomic E-state index is 11.6. The number of benzene rings is 1. The summed E-state index contributed by atoms with van der Waals surface area (Å²) >= 11 is 0. The molecule has 1 unspecified atom stereocenters. The molecule has 1 heterocycles. The molecule has 94 valence electrons. The largest absolute Gasteiger partial charge is 0.480 e. The van der Waals surface area contributed by atoms with E-state index < -0.39 is 23.7 Å². The molecule has 2 N–H and O–H groups in total. The third-order valence-electron chi connectivity index (χ3n) is 2.60. The van der Waals surface area contributed by atoms with Crippen molar-refractivity contribution in [2.75, 3.05) is 0 Å². The minimum Gasteiger partial charge on any atom is -0.480 e. The van der Waals surface area contributed by atoms with Crippen LogP contribution in [0.1, 0.15) is 23.3 Å². The van der Waals surface area contributed by atoms with Crippen molar-refractivity contribution in [2.24, 2.45) is 0 Å². The van der Waals surface area contributed by atoms with E-state index in [0.29, 0.717) is 0 Å². The van der Waals surface area contributed by atoms with E-state index in [-0.39, 0.29) is 16.7 Å². The van der Waals surface area contributed by atoms with Gasteiger partial charge in [0.15, 0.2) is 5.58 Å². The van der Waals surface area contributed by atoms with Crippen LogP contribution in [0.3, 0.4) is 0 Å². The van der Waals surface area contributed by atoms with Gasteiger partial charge in [-0.2, -0.15) is 0 Å². The van der Waals surface area contributed by atoms with Crippen molar-refractivity contribution in [2.45, 2.75) is 13.0 Å². The summed E-state index contributed by atoms with van der Waals surface area (Å²) in [6, 6.07) is 2.73. The van der Waals surface area contributed by atoms with E-state index in [4.69, 9.17) is 14.6 Å². The molecule has 18 heavy (non-hydrogen) atoms. The number of hydrogen-bond acceptors (Lipinski definition) is 4. The smallest absolute Gasteiger partial charge is 0.420 e. The van der Waals surface area contributed by atoms with E-state index in [1.54, 1.807) is 0 Å². The molecule has 1 atom stereocenters. The minimum atomic E-state index is -1.18. The van der Waals surface area contributed by atoms with Crippen molar-refractivity contribution in [1.29, 1.82) is 0 Å². The van der Waals surface area contributed by atoms with Crippen LogP contribution in [0.4, 0.5) is 0 Å². The van der Waals surface area contributed by atoms with Crippen molar-refractivity contribution < 1.29 is 24.2 Å². The number of nitrogens with zero attached hydrogens (tertiary/aromatic N) is 1. The predicted molar refractivity (Wildman–Crippen MR) is 59.8 cm³/mol. The molecule has 0 fully saturated rings. The summed E-state index contributed by atoms with van der Waals surface area (Å²) in [5.74, 6) is -3.16. The summed E-state index contributed by atoms with van der Waals surface area (Å²) in [6.07, 6.45) is 0. The standard InChI is InChI=1S/C11H9NO6/c1-5(9(13)14)12-7-3-2-6(10(15)16)4-8(7)18-11(12)17/h2-5H,1H3,(H,13,14)(H,15,16). The maximum absolute atomic E-state index is 11.6. The third kappa shape index (κ3) is 1.75. The summed E-state index contributed by atoms with van der Waals surface area (Å²) in [4.78, 5) is 33.2. The Labute approximate surface area is 99.9 Å². The second-order valence-electron chi connectivity index (χ2n) is 3.74. The quantitative estimate of drug-likeness (QED) is 0.839. The normalized spacial score (nSPS) is 12.5. The zero-order valence-electron chi connectivity index (χ0n) is 9.28. The number of rotatable bonds is 3. The molecule has 1 aromatic carbocycles. The number of fused-ring (bicyclic) bond motifs is 1. The Morgan fingerprint density at radius 2 is 2.00 bits per heavy atom. The molecule has 0 aliphatic heterocycles. The molecule has 2 rings (SSSR count). The fourth-order valence-corrected chi connectivity index (χ4v) is 1.65. The molecule has 0 bridgehead atoms. The number of carboxylic acid groups (broad SMARTS) is 2. The van der Waals surface area contributed by atoms with E-state index in [1.165, 1.54) is 25.1 Å². The molecule has 0 amide bonds. The molecular formula is C11H9NO6. The summed E-state index contributed by atoms with van der Waals surface area (Å²) in [6.45, 7) is 1.34. The summed E-state index contributed by atoms with van der Waals surface area (Å²) in [5, 5.41) is 17.7. The van der Waals surface area contributed by atoms with Crippen LogP contribution < -0.4 is 5.76 Å². The number of aliphatic carboxylic acids is 1. The van der Waals surface area contributed by atoms with E-state index in [0.717, 1.165) is 4.57 Å². The fraction of sp³-hybridized carbons (Fsp3) is 0.182. The van der Waals surface area contributed by atoms with E-state index >= 15 is 0 Å². The highest BCUT2D eigenvalue weighted by Crippen LogP contribution is 2.18. The van der Waals surface area contributed by atoms with Gasteiger partial charge in [0.25, 0.3) is 0 Å². The molecular weight excluding hydrogens is 242 g/mol. The van der Waals surface area contributed by atoms with Gasteiger partial charge < -0.3 is 14.6 Å². The second-order valence-corrected chi connectivity index (χ2v) is 3.74. The molecule has 2 aromatic rings. The first-order valence-corrected chi connectivity index (χ1v) is 5.03. The third-order valence-corrected chi connectivity index (χ3v) is 2.60. The van der Waals surface area contributed by atoms with Crippen LogP contribution in [0.15, 0.2) is 27.4 Å². The fourth-order valence-electron chi connectivity index (χ4n) is 1.65. The maximum Gasteiger partial charge on any atom is 0.420 e. The first-order chi connectivity index (χ1) is 8.41. The number of aromatic carboxylic acids is 1. The number of carboxylic acids is 2. The lowest BCUT2D eigenvalue weighted by Crippen LogP contribution is -2.24. The Balaban J connectivity index is 2.70. The topological polar surface area (TPSA) is 110 Å². The summed E-state index contributed by atoms with van der Waals surface area (Å²) in [5.41, 5.74) is 0.263. The van der Waals surface area contributed by atoms with E-state index in [2.05, 4.69) is 0 Å². The first-order valence-electron chi connectivity index (χ1n) is 5.03. The highest BCUT2D eigenvalue weighted by atomic mass is 16.4. The average molecular weight is 251 g/mol. The zero-order chi connectivity index (χ0) is 13.4. The van der Waals surface area contributed by atoms with Gasteiger partial charge in [-0.15, -0.1) is 0 Å². The average Bonchev–Trinajstić information content (AvgIpc) is 2.62. The Kier molecular flexibility index (Phi) is 2.66. The Morgan fingerprint density at radius 3 is 2.56 bits per heavy atom. The van der Waals surface area contributed by atoms with Crippen LogP contribution in [0, 0.1) is 0 Å². The van der Waals surface area contributed by atoms with Crippen LogP contribution in [-0.2, 0) is 4.79 Å². The first kappa shape index (κ1) is 11.9. The van der Waals surface area contributed by atoms with Gasteiger partial charge in [-0.25, -0.2) is 14.4 Å². The van der Waals surface area contributed by atoms with Gasteiger partial charge >= 0.3 is 17.7 Å². The van der Waals surface area contributed by atoms with Crippen molar-refractivity contribution in [3.05, 3.63) is 34.3 Å². The van der Waals surface area contributed by atoms with Crippen LogP contribution in [0.5, 0.6) is 0 Å². The van der Waals surface area contributed by atoms with Crippen molar-refractivity contribution in [3.63, 3.8) is 0 Å². The van der Waals surface area contributed by atoms with Gasteiger partial charge in [-0.3, -0.25) is 4.57 Å². The number of oxazole rings is 1. The van der Waals surface area contributed by atoms with Crippen molar-refractivity contribution >= 4 is 23.0 Å². The van der Waals surface area contributed by atoms with Crippen LogP contribution in [-0.4, -0.2) is 26.7 Å². The lowest BCUT2D eigenvalue weighted by molar-refractivity contribution is -0.140. The van der Waals surface area contributed by atoms with Gasteiger partial charge in [0, 0.05) is 0 Å². The molecule has 0 radical (unpaired) electrons. The number of carbonyl (C=O) groups is 2. The van der Waals surface area contributed by atoms with E-state index in [1.807, 2.05) is 0 Å². The molecule has 0 aliphatic carbocycles. The Morgan fingerprint density at radius 1 is 1.33 bits per heavy atom. The molecule has 7 nitrogen and oxygen atoms in total. The molecule has 0 saturated carbocycles. The number of hydrogen-bond donors (Lipinski definition) is 2. The highest BCUT2D eigenvalue weighted by Gasteiger charge is 2.21. The molecule has 1 aromatic heterocycles. The number of aromatic nitrogens is 1. The molecule has 7 heteroatoms. The summed E-state index contributed by atoms with van der Waals surface area (Å²) < 4.78 is 5.80. The lowest BCUT2D eigenvalue weighted by atomic mass is 10.2. The van der Waals surface area contributed by atoms with Gasteiger partial charge in [-0.1, -0.05) is 0 Å². The van der Waals surface area contributed by atoms with E-state index in [9.17, 15) is 14.4 Å².